The van der Waals surface area contributed by atoms with Crippen LogP contribution in [0.3, 0.4) is 0 Å². The van der Waals surface area contributed by atoms with E-state index < -0.39 is 0 Å². The number of rotatable bonds is 8. The van der Waals surface area contributed by atoms with Crippen LogP contribution in [0.2, 0.25) is 0 Å². The number of morpholine rings is 1. The molecule has 0 amide bonds. The van der Waals surface area contributed by atoms with Gasteiger partial charge in [0.1, 0.15) is 5.75 Å². The normalized spacial score (nSPS) is 16.1. The topological polar surface area (TPSA) is 64.8 Å². The van der Waals surface area contributed by atoms with Crippen LogP contribution in [-0.4, -0.2) is 59.4 Å². The number of ether oxygens (including phenoxy) is 2. The van der Waals surface area contributed by atoms with Crippen LogP contribution in [0.25, 0.3) is 16.7 Å². The summed E-state index contributed by atoms with van der Waals surface area (Å²) in [6.07, 6.45) is 5.67. The first-order valence-corrected chi connectivity index (χ1v) is 13.0. The minimum Gasteiger partial charge on any atom is -0.492 e. The number of benzene rings is 1. The number of aromatic nitrogens is 3. The third-order valence-electron chi connectivity index (χ3n) is 6.00. The van der Waals surface area contributed by atoms with E-state index in [4.69, 9.17) is 14.5 Å². The van der Waals surface area contributed by atoms with Crippen molar-refractivity contribution >= 4 is 39.3 Å². The van der Waals surface area contributed by atoms with E-state index in [1.807, 2.05) is 19.2 Å². The Bertz CT molecular complexity index is 1230. The van der Waals surface area contributed by atoms with Crippen LogP contribution < -0.4 is 10.2 Å². The summed E-state index contributed by atoms with van der Waals surface area (Å²) in [5.41, 5.74) is 6.41. The Morgan fingerprint density at radius 3 is 2.79 bits per heavy atom. The summed E-state index contributed by atoms with van der Waals surface area (Å²) in [7, 11) is 1.79. The number of nitrogens with zero attached hydrogens (tertiary/aromatic N) is 5. The van der Waals surface area contributed by atoms with Crippen LogP contribution in [0.1, 0.15) is 40.6 Å². The predicted octanol–water partition coefficient (Wildman–Crippen LogP) is 4.73. The maximum Gasteiger partial charge on any atom is 0.154 e. The monoisotopic (exact) mass is 573 g/mol. The lowest BCUT2D eigenvalue weighted by molar-refractivity contribution is 0.0350. The van der Waals surface area contributed by atoms with Crippen LogP contribution in [0, 0.1) is 6.92 Å². The molecule has 1 saturated heterocycles. The van der Waals surface area contributed by atoms with Crippen molar-refractivity contribution in [3.63, 3.8) is 0 Å². The molecule has 0 bridgehead atoms. The number of pyridine rings is 1. The van der Waals surface area contributed by atoms with E-state index in [-0.39, 0.29) is 4.05 Å². The summed E-state index contributed by atoms with van der Waals surface area (Å²) in [5.74, 6) is 0.748. The van der Waals surface area contributed by atoms with Crippen LogP contribution in [-0.2, 0) is 4.74 Å². The molecule has 7 nitrogen and oxygen atoms in total. The Kier molecular flexibility index (Phi) is 8.33. The van der Waals surface area contributed by atoms with Crippen molar-refractivity contribution in [3.05, 3.63) is 65.5 Å². The summed E-state index contributed by atoms with van der Waals surface area (Å²) in [6.45, 7) is 12.7. The molecule has 8 heteroatoms. The predicted molar refractivity (Wildman–Crippen MR) is 144 cm³/mol. The van der Waals surface area contributed by atoms with Crippen molar-refractivity contribution in [2.75, 3.05) is 40.0 Å². The van der Waals surface area contributed by atoms with E-state index in [0.29, 0.717) is 6.61 Å². The highest BCUT2D eigenvalue weighted by Gasteiger charge is 2.21. The summed E-state index contributed by atoms with van der Waals surface area (Å²) in [6, 6.07) is 8.47. The Morgan fingerprint density at radius 1 is 1.26 bits per heavy atom. The Hall–Kier alpha value is -2.30. The van der Waals surface area contributed by atoms with Gasteiger partial charge in [0.05, 0.1) is 46.8 Å². The van der Waals surface area contributed by atoms with E-state index in [9.17, 15) is 0 Å². The second kappa shape index (κ2) is 11.4. The zero-order chi connectivity index (χ0) is 24.1. The number of unbranched alkanes of at least 4 members (excludes halogenated alkanes) is 1. The van der Waals surface area contributed by atoms with Crippen molar-refractivity contribution in [2.45, 2.75) is 30.7 Å². The van der Waals surface area contributed by atoms with Crippen LogP contribution >= 0.6 is 22.6 Å². The number of alkyl halides is 1. The Balaban J connectivity index is 1.78. The van der Waals surface area contributed by atoms with Gasteiger partial charge in [-0.1, -0.05) is 48.6 Å². The molecule has 2 aromatic heterocycles. The minimum atomic E-state index is 0.243. The summed E-state index contributed by atoms with van der Waals surface area (Å²) >= 11 is 2.51. The molecular weight excluding hydrogens is 541 g/mol. The third-order valence-corrected chi connectivity index (χ3v) is 7.51. The standard InChI is InChI=1S/C26H32IN5O2/c1-5-6-11-34-22-14-21(16-29-17-22)19(3)32-24-15-20(25(27)31-9-12-33-13-10-31)7-8-23(24)30-18(2)26(32)28-4/h7-8,14-17,25H,3,5-6,9-13H2,1-2,4H3. The maximum atomic E-state index is 5.89. The fourth-order valence-corrected chi connectivity index (χ4v) is 5.08. The number of hydrogen-bond acceptors (Lipinski definition) is 6. The van der Waals surface area contributed by atoms with Crippen LogP contribution in [0.15, 0.2) is 48.2 Å². The van der Waals surface area contributed by atoms with Crippen molar-refractivity contribution < 1.29 is 9.47 Å². The van der Waals surface area contributed by atoms with E-state index in [1.54, 1.807) is 13.2 Å². The number of fused-ring (bicyclic) bond motifs is 1. The van der Waals surface area contributed by atoms with Gasteiger partial charge in [0.2, 0.25) is 0 Å². The van der Waals surface area contributed by atoms with Gasteiger partial charge in [-0.25, -0.2) is 4.98 Å². The highest BCUT2D eigenvalue weighted by atomic mass is 127. The SMILES string of the molecule is C=C(c1cncc(OCCCC)c1)n1c(=NC)c(C)nc2ccc(C(I)N3CCOCC3)cc21. The lowest BCUT2D eigenvalue weighted by atomic mass is 10.1. The third kappa shape index (κ3) is 5.34. The van der Waals surface area contributed by atoms with Gasteiger partial charge in [-0.05, 0) is 37.1 Å². The zero-order valence-corrected chi connectivity index (χ0v) is 22.3. The maximum absolute atomic E-state index is 5.89. The van der Waals surface area contributed by atoms with Gasteiger partial charge in [0.15, 0.2) is 5.49 Å². The average Bonchev–Trinajstić information content (AvgIpc) is 2.87. The van der Waals surface area contributed by atoms with Gasteiger partial charge in [-0.15, -0.1) is 0 Å². The Labute approximate surface area is 214 Å². The van der Waals surface area contributed by atoms with Gasteiger partial charge in [-0.2, -0.15) is 0 Å². The molecule has 0 radical (unpaired) electrons. The second-order valence-electron chi connectivity index (χ2n) is 8.37. The van der Waals surface area contributed by atoms with E-state index >= 15 is 0 Å². The fourth-order valence-electron chi connectivity index (χ4n) is 4.14. The highest BCUT2D eigenvalue weighted by Crippen LogP contribution is 2.31. The largest absolute Gasteiger partial charge is 0.492 e. The van der Waals surface area contributed by atoms with Crippen molar-refractivity contribution in [2.24, 2.45) is 4.99 Å². The first-order valence-electron chi connectivity index (χ1n) is 11.7. The quantitative estimate of drug-likeness (QED) is 0.169. The van der Waals surface area contributed by atoms with Crippen LogP contribution in [0.5, 0.6) is 5.75 Å². The molecule has 0 aliphatic carbocycles. The molecule has 1 aliphatic rings. The molecule has 1 unspecified atom stereocenters. The number of aryl methyl sites for hydroxylation is 1. The lowest BCUT2D eigenvalue weighted by Gasteiger charge is -2.31. The molecule has 0 saturated carbocycles. The molecule has 3 heterocycles. The molecule has 4 rings (SSSR count). The summed E-state index contributed by atoms with van der Waals surface area (Å²) in [5, 5.41) is 0. The Morgan fingerprint density at radius 2 is 2.06 bits per heavy atom. The molecule has 0 spiro atoms. The van der Waals surface area contributed by atoms with Crippen LogP contribution in [0.4, 0.5) is 0 Å². The lowest BCUT2D eigenvalue weighted by Crippen LogP contribution is -2.37. The molecular formula is C26H32IN5O2. The van der Waals surface area contributed by atoms with Gasteiger partial charge >= 0.3 is 0 Å². The molecule has 1 aromatic carbocycles. The molecule has 1 atom stereocenters. The van der Waals surface area contributed by atoms with Crippen molar-refractivity contribution in [3.8, 4) is 5.75 Å². The first-order chi connectivity index (χ1) is 16.5. The first kappa shape index (κ1) is 24.8. The van der Waals surface area contributed by atoms with Crippen molar-refractivity contribution in [1.29, 1.82) is 0 Å². The molecule has 180 valence electrons. The fraction of sp³-hybridized carbons (Fsp3) is 0.423. The number of halogens is 1. The smallest absolute Gasteiger partial charge is 0.154 e. The molecule has 34 heavy (non-hydrogen) atoms. The van der Waals surface area contributed by atoms with Gasteiger partial charge < -0.3 is 9.47 Å². The van der Waals surface area contributed by atoms with Crippen molar-refractivity contribution in [1.82, 2.24) is 19.4 Å². The molecule has 3 aromatic rings. The summed E-state index contributed by atoms with van der Waals surface area (Å²) < 4.78 is 13.8. The molecule has 1 fully saturated rings. The molecule has 0 N–H and O–H groups in total. The van der Waals surface area contributed by atoms with E-state index in [1.165, 1.54) is 5.56 Å². The van der Waals surface area contributed by atoms with E-state index in [0.717, 1.165) is 78.4 Å². The van der Waals surface area contributed by atoms with Gasteiger partial charge in [-0.3, -0.25) is 19.4 Å². The van der Waals surface area contributed by atoms with E-state index in [2.05, 4.69) is 73.7 Å². The average molecular weight is 573 g/mol. The summed E-state index contributed by atoms with van der Waals surface area (Å²) in [4.78, 5) is 16.3. The number of hydrogen-bond donors (Lipinski definition) is 0. The molecule has 1 aliphatic heterocycles. The second-order valence-corrected chi connectivity index (χ2v) is 9.55. The highest BCUT2D eigenvalue weighted by molar-refractivity contribution is 14.1. The zero-order valence-electron chi connectivity index (χ0n) is 20.1. The van der Waals surface area contributed by atoms with Gasteiger partial charge in [0, 0.05) is 37.6 Å². The van der Waals surface area contributed by atoms with Gasteiger partial charge in [0.25, 0.3) is 0 Å². The minimum absolute atomic E-state index is 0.243.